The van der Waals surface area contributed by atoms with Crippen LogP contribution in [-0.4, -0.2) is 32.0 Å². The Morgan fingerprint density at radius 1 is 1.17 bits per heavy atom. The Balaban J connectivity index is 2.01. The molecule has 1 N–H and O–H groups in total. The molecule has 0 spiro atoms. The van der Waals surface area contributed by atoms with Crippen LogP contribution < -0.4 is 15.0 Å². The Bertz CT molecular complexity index is 734. The van der Waals surface area contributed by atoms with Crippen LogP contribution in [-0.2, 0) is 4.79 Å². The summed E-state index contributed by atoms with van der Waals surface area (Å²) in [4.78, 5) is 25.7. The van der Waals surface area contributed by atoms with Gasteiger partial charge in [-0.25, -0.2) is 0 Å². The lowest BCUT2D eigenvalue weighted by atomic mass is 10.2. The van der Waals surface area contributed by atoms with Crippen molar-refractivity contribution in [1.82, 2.24) is 5.32 Å². The Hall–Kier alpha value is -2.34. The fourth-order valence-electron chi connectivity index (χ4n) is 2.27. The number of benzene rings is 2. The summed E-state index contributed by atoms with van der Waals surface area (Å²) in [5, 5.41) is 2.83. The molecule has 0 unspecified atom stereocenters. The van der Waals surface area contributed by atoms with Crippen molar-refractivity contribution >= 4 is 33.4 Å². The summed E-state index contributed by atoms with van der Waals surface area (Å²) in [6.07, 6.45) is 0. The Kier molecular flexibility index (Phi) is 6.37. The molecule has 2 aromatic rings. The molecule has 2 aromatic carbocycles. The van der Waals surface area contributed by atoms with E-state index in [1.807, 2.05) is 30.3 Å². The first-order chi connectivity index (χ1) is 11.5. The van der Waals surface area contributed by atoms with E-state index in [1.165, 1.54) is 6.92 Å². The molecule has 24 heavy (non-hydrogen) atoms. The number of ether oxygens (including phenoxy) is 1. The maximum absolute atomic E-state index is 12.2. The summed E-state index contributed by atoms with van der Waals surface area (Å²) < 4.78 is 5.92. The first kappa shape index (κ1) is 18.0. The summed E-state index contributed by atoms with van der Waals surface area (Å²) >= 11 is 3.35. The molecule has 0 aliphatic carbocycles. The number of carbonyl (C=O) groups is 2. The third kappa shape index (κ3) is 4.58. The monoisotopic (exact) mass is 390 g/mol. The SMILES string of the molecule is COc1cccc(N(CCNC(=O)c2ccccc2Br)C(C)=O)c1. The molecule has 0 aromatic heterocycles. The van der Waals surface area contributed by atoms with Gasteiger partial charge < -0.3 is 15.0 Å². The van der Waals surface area contributed by atoms with E-state index in [2.05, 4.69) is 21.2 Å². The zero-order chi connectivity index (χ0) is 17.5. The van der Waals surface area contributed by atoms with Crippen LogP contribution in [0.15, 0.2) is 53.0 Å². The highest BCUT2D eigenvalue weighted by Crippen LogP contribution is 2.21. The van der Waals surface area contributed by atoms with Crippen molar-refractivity contribution in [3.05, 3.63) is 58.6 Å². The van der Waals surface area contributed by atoms with Crippen molar-refractivity contribution in [2.45, 2.75) is 6.92 Å². The molecular weight excluding hydrogens is 372 g/mol. The van der Waals surface area contributed by atoms with Gasteiger partial charge in [0, 0.05) is 36.2 Å². The van der Waals surface area contributed by atoms with Gasteiger partial charge in [0.1, 0.15) is 5.75 Å². The zero-order valence-electron chi connectivity index (χ0n) is 13.6. The molecule has 5 nitrogen and oxygen atoms in total. The van der Waals surface area contributed by atoms with Crippen LogP contribution in [0.25, 0.3) is 0 Å². The lowest BCUT2D eigenvalue weighted by molar-refractivity contribution is -0.116. The van der Waals surface area contributed by atoms with E-state index in [-0.39, 0.29) is 11.8 Å². The lowest BCUT2D eigenvalue weighted by Crippen LogP contribution is -2.37. The number of carbonyl (C=O) groups excluding carboxylic acids is 2. The van der Waals surface area contributed by atoms with E-state index in [4.69, 9.17) is 4.74 Å². The van der Waals surface area contributed by atoms with Gasteiger partial charge in [-0.15, -0.1) is 0 Å². The average molecular weight is 391 g/mol. The molecule has 0 bridgehead atoms. The van der Waals surface area contributed by atoms with E-state index in [0.717, 1.165) is 10.2 Å². The van der Waals surface area contributed by atoms with Crippen LogP contribution in [0.2, 0.25) is 0 Å². The maximum Gasteiger partial charge on any atom is 0.252 e. The number of rotatable bonds is 6. The smallest absolute Gasteiger partial charge is 0.252 e. The number of methoxy groups -OCH3 is 1. The molecule has 2 amide bonds. The summed E-state index contributed by atoms with van der Waals surface area (Å²) in [6.45, 7) is 2.21. The highest BCUT2D eigenvalue weighted by atomic mass is 79.9. The van der Waals surface area contributed by atoms with Crippen molar-refractivity contribution in [3.63, 3.8) is 0 Å². The molecule has 0 fully saturated rings. The Morgan fingerprint density at radius 3 is 2.58 bits per heavy atom. The number of hydrogen-bond donors (Lipinski definition) is 1. The lowest BCUT2D eigenvalue weighted by Gasteiger charge is -2.22. The van der Waals surface area contributed by atoms with Gasteiger partial charge in [-0.2, -0.15) is 0 Å². The minimum absolute atomic E-state index is 0.0987. The van der Waals surface area contributed by atoms with Gasteiger partial charge in [0.25, 0.3) is 5.91 Å². The van der Waals surface area contributed by atoms with E-state index in [9.17, 15) is 9.59 Å². The third-order valence-corrected chi connectivity index (χ3v) is 4.18. The second kappa shape index (κ2) is 8.49. The highest BCUT2D eigenvalue weighted by molar-refractivity contribution is 9.10. The normalized spacial score (nSPS) is 10.1. The summed E-state index contributed by atoms with van der Waals surface area (Å²) in [5.41, 5.74) is 1.30. The van der Waals surface area contributed by atoms with Gasteiger partial charge in [0.2, 0.25) is 5.91 Å². The third-order valence-electron chi connectivity index (χ3n) is 3.48. The van der Waals surface area contributed by atoms with Crippen LogP contribution in [0.4, 0.5) is 5.69 Å². The number of halogens is 1. The van der Waals surface area contributed by atoms with Gasteiger partial charge in [-0.3, -0.25) is 9.59 Å². The number of nitrogens with one attached hydrogen (secondary N) is 1. The van der Waals surface area contributed by atoms with Crippen LogP contribution >= 0.6 is 15.9 Å². The predicted octanol–water partition coefficient (Wildman–Crippen LogP) is 3.24. The molecule has 0 saturated heterocycles. The Labute approximate surface area is 149 Å². The van der Waals surface area contributed by atoms with Crippen molar-refractivity contribution in [1.29, 1.82) is 0 Å². The largest absolute Gasteiger partial charge is 0.497 e. The molecule has 0 aliphatic rings. The Morgan fingerprint density at radius 2 is 1.92 bits per heavy atom. The maximum atomic E-state index is 12.2. The van der Waals surface area contributed by atoms with E-state index in [1.54, 1.807) is 30.2 Å². The first-order valence-corrected chi connectivity index (χ1v) is 8.27. The second-order valence-corrected chi connectivity index (χ2v) is 5.96. The molecule has 0 radical (unpaired) electrons. The fraction of sp³-hybridized carbons (Fsp3) is 0.222. The molecular formula is C18H19BrN2O3. The number of nitrogens with zero attached hydrogens (tertiary/aromatic N) is 1. The highest BCUT2D eigenvalue weighted by Gasteiger charge is 2.14. The summed E-state index contributed by atoms with van der Waals surface area (Å²) in [7, 11) is 1.58. The van der Waals surface area contributed by atoms with Crippen molar-refractivity contribution in [3.8, 4) is 5.75 Å². The quantitative estimate of drug-likeness (QED) is 0.823. The van der Waals surface area contributed by atoms with Gasteiger partial charge in [0.05, 0.1) is 12.7 Å². The van der Waals surface area contributed by atoms with E-state index < -0.39 is 0 Å². The van der Waals surface area contributed by atoms with Crippen molar-refractivity contribution < 1.29 is 14.3 Å². The van der Waals surface area contributed by atoms with Crippen LogP contribution in [0.5, 0.6) is 5.75 Å². The number of anilines is 1. The molecule has 0 heterocycles. The number of hydrogen-bond acceptors (Lipinski definition) is 3. The average Bonchev–Trinajstić information content (AvgIpc) is 2.58. The van der Waals surface area contributed by atoms with Gasteiger partial charge in [0.15, 0.2) is 0 Å². The van der Waals surface area contributed by atoms with E-state index in [0.29, 0.717) is 24.4 Å². The topological polar surface area (TPSA) is 58.6 Å². The number of amides is 2. The van der Waals surface area contributed by atoms with Gasteiger partial charge in [-0.1, -0.05) is 18.2 Å². The summed E-state index contributed by atoms with van der Waals surface area (Å²) in [5.74, 6) is 0.394. The van der Waals surface area contributed by atoms with Crippen LogP contribution in [0, 0.1) is 0 Å². The molecule has 0 aliphatic heterocycles. The van der Waals surface area contributed by atoms with Crippen molar-refractivity contribution in [2.75, 3.05) is 25.1 Å². The summed E-state index contributed by atoms with van der Waals surface area (Å²) in [6, 6.07) is 14.5. The standard InChI is InChI=1S/C18H19BrN2O3/c1-13(22)21(14-6-5-7-15(12-14)24-2)11-10-20-18(23)16-8-3-4-9-17(16)19/h3-9,12H,10-11H2,1-2H3,(H,20,23). The van der Waals surface area contributed by atoms with Crippen LogP contribution in [0.3, 0.4) is 0 Å². The van der Waals surface area contributed by atoms with Gasteiger partial charge in [-0.05, 0) is 40.2 Å². The van der Waals surface area contributed by atoms with Crippen LogP contribution in [0.1, 0.15) is 17.3 Å². The zero-order valence-corrected chi connectivity index (χ0v) is 15.2. The molecule has 6 heteroatoms. The minimum atomic E-state index is -0.184. The van der Waals surface area contributed by atoms with Crippen molar-refractivity contribution in [2.24, 2.45) is 0 Å². The predicted molar refractivity (Wildman–Crippen MR) is 97.5 cm³/mol. The molecule has 2 rings (SSSR count). The second-order valence-electron chi connectivity index (χ2n) is 5.11. The molecule has 0 saturated carbocycles. The molecule has 126 valence electrons. The fourth-order valence-corrected chi connectivity index (χ4v) is 2.73. The minimum Gasteiger partial charge on any atom is -0.497 e. The van der Waals surface area contributed by atoms with E-state index >= 15 is 0 Å². The molecule has 0 atom stereocenters. The van der Waals surface area contributed by atoms with Gasteiger partial charge >= 0.3 is 0 Å². The first-order valence-electron chi connectivity index (χ1n) is 7.48.